The van der Waals surface area contributed by atoms with Gasteiger partial charge < -0.3 is 10.1 Å². The zero-order chi connectivity index (χ0) is 21.8. The van der Waals surface area contributed by atoms with Gasteiger partial charge in [0.25, 0.3) is 0 Å². The number of nitrogens with zero attached hydrogens (tertiary/aromatic N) is 3. The first-order chi connectivity index (χ1) is 15.7. The van der Waals surface area contributed by atoms with Crippen LogP contribution < -0.4 is 5.32 Å². The van der Waals surface area contributed by atoms with Crippen molar-refractivity contribution in [3.05, 3.63) is 63.8 Å². The molecule has 0 aliphatic carbocycles. The van der Waals surface area contributed by atoms with Gasteiger partial charge in [0.1, 0.15) is 5.01 Å². The molecule has 0 saturated carbocycles. The van der Waals surface area contributed by atoms with Crippen LogP contribution in [0.25, 0.3) is 21.1 Å². The van der Waals surface area contributed by atoms with E-state index < -0.39 is 0 Å². The lowest BCUT2D eigenvalue weighted by Gasteiger charge is -2.26. The quantitative estimate of drug-likeness (QED) is 0.401. The lowest BCUT2D eigenvalue weighted by Crippen LogP contribution is -2.35. The third kappa shape index (κ3) is 5.31. The largest absolute Gasteiger partial charge is 0.379 e. The van der Waals surface area contributed by atoms with Crippen LogP contribution >= 0.6 is 34.0 Å². The molecule has 1 aliphatic rings. The van der Waals surface area contributed by atoms with Crippen molar-refractivity contribution in [1.82, 2.24) is 14.9 Å². The van der Waals surface area contributed by atoms with Crippen LogP contribution in [0.2, 0.25) is 0 Å². The molecule has 164 valence electrons. The third-order valence-electron chi connectivity index (χ3n) is 5.13. The van der Waals surface area contributed by atoms with E-state index in [1.807, 2.05) is 28.3 Å². The summed E-state index contributed by atoms with van der Waals surface area (Å²) in [4.78, 5) is 25.1. The summed E-state index contributed by atoms with van der Waals surface area (Å²) in [6, 6.07) is 12.6. The minimum absolute atomic E-state index is 0.102. The van der Waals surface area contributed by atoms with E-state index in [0.717, 1.165) is 59.7 Å². The average Bonchev–Trinajstić information content (AvgIpc) is 3.57. The topological polar surface area (TPSA) is 67.4 Å². The Morgan fingerprint density at radius 2 is 1.88 bits per heavy atom. The molecule has 6 nitrogen and oxygen atoms in total. The Balaban J connectivity index is 1.17. The lowest BCUT2D eigenvalue weighted by atomic mass is 10.1. The number of aromatic nitrogens is 2. The first-order valence-corrected chi connectivity index (χ1v) is 13.0. The summed E-state index contributed by atoms with van der Waals surface area (Å²) >= 11 is 4.64. The number of hydrogen-bond acceptors (Lipinski definition) is 8. The number of amides is 1. The minimum Gasteiger partial charge on any atom is -0.379 e. The molecule has 1 aromatic carbocycles. The number of thiophene rings is 1. The van der Waals surface area contributed by atoms with E-state index in [-0.39, 0.29) is 12.3 Å². The summed E-state index contributed by atoms with van der Waals surface area (Å²) in [5.41, 5.74) is 4.04. The maximum Gasteiger partial charge on any atom is 0.232 e. The van der Waals surface area contributed by atoms with Gasteiger partial charge in [0.2, 0.25) is 5.91 Å². The molecule has 0 radical (unpaired) electrons. The highest BCUT2D eigenvalue weighted by Crippen LogP contribution is 2.29. The second-order valence-electron chi connectivity index (χ2n) is 7.47. The Labute approximate surface area is 198 Å². The number of rotatable bonds is 7. The van der Waals surface area contributed by atoms with Crippen LogP contribution in [0.4, 0.5) is 5.13 Å². The summed E-state index contributed by atoms with van der Waals surface area (Å²) in [6.07, 6.45) is 0.236. The molecular weight excluding hydrogens is 460 g/mol. The number of carbonyl (C=O) groups is 1. The molecule has 0 atom stereocenters. The predicted octanol–water partition coefficient (Wildman–Crippen LogP) is 5.01. The second-order valence-corrected chi connectivity index (χ2v) is 10.1. The fourth-order valence-corrected chi connectivity index (χ4v) is 5.80. The molecule has 1 N–H and O–H groups in total. The van der Waals surface area contributed by atoms with Crippen LogP contribution in [0.5, 0.6) is 0 Å². The SMILES string of the molecule is O=C(Cc1csc(-c2ccc(CN3CCOCC3)cc2)n1)Nc1nc(-c2cccs2)cs1. The Morgan fingerprint density at radius 1 is 1.03 bits per heavy atom. The summed E-state index contributed by atoms with van der Waals surface area (Å²) in [5.74, 6) is -0.102. The van der Waals surface area contributed by atoms with Crippen molar-refractivity contribution < 1.29 is 9.53 Å². The minimum atomic E-state index is -0.102. The molecule has 9 heteroatoms. The predicted molar refractivity (Wildman–Crippen MR) is 131 cm³/mol. The molecule has 0 unspecified atom stereocenters. The number of thiazole rings is 2. The van der Waals surface area contributed by atoms with Crippen molar-refractivity contribution in [2.45, 2.75) is 13.0 Å². The van der Waals surface area contributed by atoms with Gasteiger partial charge in [-0.2, -0.15) is 0 Å². The van der Waals surface area contributed by atoms with Crippen LogP contribution in [0.15, 0.2) is 52.5 Å². The van der Waals surface area contributed by atoms with Crippen molar-refractivity contribution in [3.8, 4) is 21.1 Å². The van der Waals surface area contributed by atoms with E-state index in [9.17, 15) is 4.79 Å². The number of anilines is 1. The van der Waals surface area contributed by atoms with Gasteiger partial charge >= 0.3 is 0 Å². The molecule has 3 aromatic heterocycles. The fraction of sp³-hybridized carbons (Fsp3) is 0.261. The van der Waals surface area contributed by atoms with Crippen LogP contribution in [0.1, 0.15) is 11.3 Å². The van der Waals surface area contributed by atoms with E-state index in [1.54, 1.807) is 22.7 Å². The zero-order valence-electron chi connectivity index (χ0n) is 17.3. The van der Waals surface area contributed by atoms with Gasteiger partial charge in [0.05, 0.1) is 35.9 Å². The molecule has 32 heavy (non-hydrogen) atoms. The maximum absolute atomic E-state index is 12.5. The molecule has 1 amide bonds. The Kier molecular flexibility index (Phi) is 6.70. The Hall–Kier alpha value is -2.43. The van der Waals surface area contributed by atoms with E-state index in [4.69, 9.17) is 4.74 Å². The monoisotopic (exact) mass is 482 g/mol. The van der Waals surface area contributed by atoms with Crippen molar-refractivity contribution in [1.29, 1.82) is 0 Å². The van der Waals surface area contributed by atoms with E-state index >= 15 is 0 Å². The fourth-order valence-electron chi connectivity index (χ4n) is 3.49. The van der Waals surface area contributed by atoms with E-state index in [0.29, 0.717) is 5.13 Å². The van der Waals surface area contributed by atoms with Gasteiger partial charge in [0, 0.05) is 36.0 Å². The molecule has 4 heterocycles. The van der Waals surface area contributed by atoms with Gasteiger partial charge in [-0.3, -0.25) is 9.69 Å². The maximum atomic E-state index is 12.5. The molecule has 4 aromatic rings. The number of benzene rings is 1. The highest BCUT2D eigenvalue weighted by atomic mass is 32.1. The summed E-state index contributed by atoms with van der Waals surface area (Å²) in [7, 11) is 0. The van der Waals surface area contributed by atoms with Crippen LogP contribution in [-0.4, -0.2) is 47.1 Å². The number of carbonyl (C=O) groups excluding carboxylic acids is 1. The molecule has 5 rings (SSSR count). The first-order valence-electron chi connectivity index (χ1n) is 10.4. The number of ether oxygens (including phenoxy) is 1. The van der Waals surface area contributed by atoms with Crippen LogP contribution in [0, 0.1) is 0 Å². The van der Waals surface area contributed by atoms with Crippen molar-refractivity contribution in [2.24, 2.45) is 0 Å². The van der Waals surface area contributed by atoms with E-state index in [2.05, 4.69) is 44.5 Å². The standard InChI is InChI=1S/C23H22N4O2S3/c28-21(26-23-25-19(15-32-23)20-2-1-11-30-20)12-18-14-31-22(24-18)17-5-3-16(4-6-17)13-27-7-9-29-10-8-27/h1-6,11,14-15H,7-10,12-13H2,(H,25,26,28). The number of hydrogen-bond donors (Lipinski definition) is 1. The number of morpholine rings is 1. The second kappa shape index (κ2) is 10.0. The average molecular weight is 483 g/mol. The summed E-state index contributed by atoms with van der Waals surface area (Å²) in [6.45, 7) is 4.53. The highest BCUT2D eigenvalue weighted by Gasteiger charge is 2.13. The van der Waals surface area contributed by atoms with Crippen LogP contribution in [-0.2, 0) is 22.5 Å². The molecule has 1 fully saturated rings. The van der Waals surface area contributed by atoms with Gasteiger partial charge in [0.15, 0.2) is 5.13 Å². The Morgan fingerprint density at radius 3 is 2.66 bits per heavy atom. The molecule has 0 spiro atoms. The van der Waals surface area contributed by atoms with Crippen molar-refractivity contribution in [2.75, 3.05) is 31.6 Å². The molecule has 1 saturated heterocycles. The van der Waals surface area contributed by atoms with E-state index in [1.165, 1.54) is 16.9 Å². The molecule has 1 aliphatic heterocycles. The highest BCUT2D eigenvalue weighted by molar-refractivity contribution is 7.16. The first kappa shape index (κ1) is 21.4. The van der Waals surface area contributed by atoms with Gasteiger partial charge in [-0.15, -0.1) is 34.0 Å². The van der Waals surface area contributed by atoms with Crippen molar-refractivity contribution in [3.63, 3.8) is 0 Å². The van der Waals surface area contributed by atoms with Crippen LogP contribution in [0.3, 0.4) is 0 Å². The Bertz CT molecular complexity index is 1160. The lowest BCUT2D eigenvalue weighted by molar-refractivity contribution is -0.115. The van der Waals surface area contributed by atoms with Gasteiger partial charge in [-0.25, -0.2) is 9.97 Å². The van der Waals surface area contributed by atoms with Gasteiger partial charge in [-0.05, 0) is 17.0 Å². The third-order valence-corrected chi connectivity index (χ3v) is 7.72. The summed E-state index contributed by atoms with van der Waals surface area (Å²) < 4.78 is 5.41. The molecule has 0 bridgehead atoms. The summed E-state index contributed by atoms with van der Waals surface area (Å²) in [5, 5.41) is 10.4. The molecular formula is C23H22N4O2S3. The number of nitrogens with one attached hydrogen (secondary N) is 1. The zero-order valence-corrected chi connectivity index (χ0v) is 19.8. The smallest absolute Gasteiger partial charge is 0.232 e. The van der Waals surface area contributed by atoms with Gasteiger partial charge in [-0.1, -0.05) is 30.3 Å². The van der Waals surface area contributed by atoms with Crippen molar-refractivity contribution >= 4 is 45.0 Å². The normalized spacial score (nSPS) is 14.5.